The lowest BCUT2D eigenvalue weighted by atomic mass is 9.90. The molecule has 2 unspecified atom stereocenters. The van der Waals surface area contributed by atoms with Crippen LogP contribution in [0.25, 0.3) is 0 Å². The van der Waals surface area contributed by atoms with E-state index in [1.54, 1.807) is 0 Å². The number of benzene rings is 1. The highest BCUT2D eigenvalue weighted by molar-refractivity contribution is 5.14. The van der Waals surface area contributed by atoms with E-state index < -0.39 is 6.17 Å². The van der Waals surface area contributed by atoms with Crippen LogP contribution < -0.4 is 5.32 Å². The molecule has 0 heterocycles. The Kier molecular flexibility index (Phi) is 3.14. The second-order valence-corrected chi connectivity index (χ2v) is 3.89. The van der Waals surface area contributed by atoms with Crippen LogP contribution in [0.15, 0.2) is 30.3 Å². The van der Waals surface area contributed by atoms with Crippen LogP contribution in [-0.2, 0) is 6.42 Å². The number of nitrogens with one attached hydrogen (secondary N) is 1. The predicted octanol–water partition coefficient (Wildman–Crippen LogP) is 2.32. The third kappa shape index (κ3) is 2.32. The van der Waals surface area contributed by atoms with E-state index >= 15 is 0 Å². The van der Waals surface area contributed by atoms with E-state index in [0.717, 1.165) is 25.8 Å². The third-order valence-electron chi connectivity index (χ3n) is 2.85. The van der Waals surface area contributed by atoms with Crippen LogP contribution in [-0.4, -0.2) is 18.8 Å². The van der Waals surface area contributed by atoms with Crippen molar-refractivity contribution in [3.63, 3.8) is 0 Å². The maximum absolute atomic E-state index is 12.8. The Bertz CT molecular complexity index is 273. The first-order valence-corrected chi connectivity index (χ1v) is 5.27. The van der Waals surface area contributed by atoms with Gasteiger partial charge >= 0.3 is 0 Å². The molecule has 1 aliphatic carbocycles. The molecule has 0 amide bonds. The lowest BCUT2D eigenvalue weighted by Gasteiger charge is -2.31. The topological polar surface area (TPSA) is 12.0 Å². The molecule has 1 aromatic rings. The Hall–Kier alpha value is -0.890. The van der Waals surface area contributed by atoms with Crippen molar-refractivity contribution >= 4 is 0 Å². The second-order valence-electron chi connectivity index (χ2n) is 3.89. The summed E-state index contributed by atoms with van der Waals surface area (Å²) >= 11 is 0. The molecule has 0 aromatic heterocycles. The van der Waals surface area contributed by atoms with E-state index in [0.29, 0.717) is 0 Å². The summed E-state index contributed by atoms with van der Waals surface area (Å²) in [6.07, 6.45) is 2.12. The van der Waals surface area contributed by atoms with Crippen LogP contribution in [0.2, 0.25) is 0 Å². The van der Waals surface area contributed by atoms with Crippen molar-refractivity contribution in [2.24, 2.45) is 0 Å². The first-order valence-electron chi connectivity index (χ1n) is 5.27. The molecule has 0 bridgehead atoms. The highest BCUT2D eigenvalue weighted by atomic mass is 19.1. The third-order valence-corrected chi connectivity index (χ3v) is 2.85. The van der Waals surface area contributed by atoms with Crippen molar-refractivity contribution in [2.75, 3.05) is 6.54 Å². The zero-order chi connectivity index (χ0) is 9.80. The molecule has 1 fully saturated rings. The molecule has 14 heavy (non-hydrogen) atoms. The Morgan fingerprint density at radius 1 is 1.21 bits per heavy atom. The second kappa shape index (κ2) is 4.56. The molecule has 1 N–H and O–H groups in total. The number of rotatable bonds is 4. The van der Waals surface area contributed by atoms with Gasteiger partial charge in [0, 0.05) is 6.04 Å². The Morgan fingerprint density at radius 2 is 2.00 bits per heavy atom. The average molecular weight is 193 g/mol. The summed E-state index contributed by atoms with van der Waals surface area (Å²) in [7, 11) is 0. The fourth-order valence-corrected chi connectivity index (χ4v) is 1.74. The van der Waals surface area contributed by atoms with Gasteiger partial charge in [-0.05, 0) is 31.4 Å². The van der Waals surface area contributed by atoms with Crippen molar-refractivity contribution in [1.82, 2.24) is 5.32 Å². The quantitative estimate of drug-likeness (QED) is 0.773. The molecule has 2 atom stereocenters. The van der Waals surface area contributed by atoms with Gasteiger partial charge in [-0.15, -0.1) is 0 Å². The summed E-state index contributed by atoms with van der Waals surface area (Å²) in [4.78, 5) is 0. The summed E-state index contributed by atoms with van der Waals surface area (Å²) in [6, 6.07) is 10.4. The van der Waals surface area contributed by atoms with Gasteiger partial charge in [0.2, 0.25) is 0 Å². The first-order chi connectivity index (χ1) is 6.86. The van der Waals surface area contributed by atoms with Crippen molar-refractivity contribution in [1.29, 1.82) is 0 Å². The summed E-state index contributed by atoms with van der Waals surface area (Å²) in [5.41, 5.74) is 1.31. The van der Waals surface area contributed by atoms with Gasteiger partial charge < -0.3 is 5.32 Å². The maximum atomic E-state index is 12.8. The standard InChI is InChI=1S/C12H16FN/c13-11-6-7-12(11)14-9-8-10-4-2-1-3-5-10/h1-5,11-12,14H,6-9H2. The van der Waals surface area contributed by atoms with Gasteiger partial charge in [0.05, 0.1) is 0 Å². The molecule has 2 rings (SSSR count). The number of halogens is 1. The maximum Gasteiger partial charge on any atom is 0.115 e. The normalized spacial score (nSPS) is 25.8. The lowest BCUT2D eigenvalue weighted by molar-refractivity contribution is 0.143. The number of hydrogen-bond donors (Lipinski definition) is 1. The van der Waals surface area contributed by atoms with Crippen molar-refractivity contribution in [3.8, 4) is 0 Å². The summed E-state index contributed by atoms with van der Waals surface area (Å²) in [5, 5.41) is 3.24. The molecule has 0 radical (unpaired) electrons. The van der Waals surface area contributed by atoms with Gasteiger partial charge in [0.25, 0.3) is 0 Å². The van der Waals surface area contributed by atoms with E-state index in [4.69, 9.17) is 0 Å². The fraction of sp³-hybridized carbons (Fsp3) is 0.500. The first kappa shape index (κ1) is 9.66. The van der Waals surface area contributed by atoms with Crippen molar-refractivity contribution in [2.45, 2.75) is 31.5 Å². The van der Waals surface area contributed by atoms with E-state index in [9.17, 15) is 4.39 Å². The number of hydrogen-bond acceptors (Lipinski definition) is 1. The fourth-order valence-electron chi connectivity index (χ4n) is 1.74. The van der Waals surface area contributed by atoms with Crippen LogP contribution in [0.3, 0.4) is 0 Å². The number of alkyl halides is 1. The zero-order valence-electron chi connectivity index (χ0n) is 8.25. The smallest absolute Gasteiger partial charge is 0.115 e. The molecule has 0 spiro atoms. The van der Waals surface area contributed by atoms with Gasteiger partial charge in [-0.25, -0.2) is 4.39 Å². The molecule has 1 aromatic carbocycles. The van der Waals surface area contributed by atoms with Gasteiger partial charge in [0.15, 0.2) is 0 Å². The average Bonchev–Trinajstić information content (AvgIpc) is 2.24. The molecular weight excluding hydrogens is 177 g/mol. The summed E-state index contributed by atoms with van der Waals surface area (Å²) in [5.74, 6) is 0. The largest absolute Gasteiger partial charge is 0.311 e. The van der Waals surface area contributed by atoms with E-state index in [2.05, 4.69) is 17.4 Å². The van der Waals surface area contributed by atoms with Crippen LogP contribution in [0, 0.1) is 0 Å². The predicted molar refractivity (Wildman–Crippen MR) is 56.1 cm³/mol. The van der Waals surface area contributed by atoms with Crippen LogP contribution in [0.4, 0.5) is 4.39 Å². The van der Waals surface area contributed by atoms with Crippen molar-refractivity contribution < 1.29 is 4.39 Å². The van der Waals surface area contributed by atoms with Gasteiger partial charge in [-0.1, -0.05) is 30.3 Å². The Morgan fingerprint density at radius 3 is 2.57 bits per heavy atom. The van der Waals surface area contributed by atoms with E-state index in [-0.39, 0.29) is 6.04 Å². The van der Waals surface area contributed by atoms with Gasteiger partial charge in [-0.2, -0.15) is 0 Å². The molecule has 0 aliphatic heterocycles. The van der Waals surface area contributed by atoms with Crippen LogP contribution >= 0.6 is 0 Å². The highest BCUT2D eigenvalue weighted by Gasteiger charge is 2.29. The van der Waals surface area contributed by atoms with Crippen LogP contribution in [0.5, 0.6) is 0 Å². The van der Waals surface area contributed by atoms with Gasteiger partial charge in [0.1, 0.15) is 6.17 Å². The van der Waals surface area contributed by atoms with E-state index in [1.807, 2.05) is 18.2 Å². The zero-order valence-corrected chi connectivity index (χ0v) is 8.25. The monoisotopic (exact) mass is 193 g/mol. The highest BCUT2D eigenvalue weighted by Crippen LogP contribution is 2.22. The van der Waals surface area contributed by atoms with Gasteiger partial charge in [-0.3, -0.25) is 0 Å². The molecule has 0 saturated heterocycles. The van der Waals surface area contributed by atoms with E-state index in [1.165, 1.54) is 5.56 Å². The SMILES string of the molecule is FC1CCC1NCCc1ccccc1. The summed E-state index contributed by atoms with van der Waals surface area (Å²) < 4.78 is 12.8. The minimum Gasteiger partial charge on any atom is -0.311 e. The molecule has 1 nitrogen and oxygen atoms in total. The van der Waals surface area contributed by atoms with Crippen molar-refractivity contribution in [3.05, 3.63) is 35.9 Å². The molecular formula is C12H16FN. The molecule has 2 heteroatoms. The molecule has 1 saturated carbocycles. The Balaban J connectivity index is 1.68. The minimum atomic E-state index is -0.606. The van der Waals surface area contributed by atoms with Crippen LogP contribution in [0.1, 0.15) is 18.4 Å². The summed E-state index contributed by atoms with van der Waals surface area (Å²) in [6.45, 7) is 0.884. The molecule has 1 aliphatic rings. The minimum absolute atomic E-state index is 0.124. The lowest BCUT2D eigenvalue weighted by Crippen LogP contribution is -2.46. The molecule has 76 valence electrons. The Labute approximate surface area is 84.3 Å².